The summed E-state index contributed by atoms with van der Waals surface area (Å²) in [6, 6.07) is -0.719. The molecule has 1 aromatic rings. The number of rotatable bonds is 3. The van der Waals surface area contributed by atoms with Crippen LogP contribution in [0, 0.1) is 11.3 Å². The Morgan fingerprint density at radius 2 is 1.92 bits per heavy atom. The third-order valence-corrected chi connectivity index (χ3v) is 6.07. The maximum Gasteiger partial charge on any atom is 0.326 e. The molecule has 1 aliphatic carbocycles. The topological polar surface area (TPSA) is 95.7 Å². The van der Waals surface area contributed by atoms with Gasteiger partial charge in [-0.15, -0.1) is 0 Å². The van der Waals surface area contributed by atoms with Crippen molar-refractivity contribution in [1.82, 2.24) is 19.6 Å². The fourth-order valence-electron chi connectivity index (χ4n) is 4.33. The molecule has 1 unspecified atom stereocenters. The van der Waals surface area contributed by atoms with Gasteiger partial charge in [-0.2, -0.15) is 5.10 Å². The van der Waals surface area contributed by atoms with Crippen molar-refractivity contribution in [3.63, 3.8) is 0 Å². The first kappa shape index (κ1) is 17.1. The van der Waals surface area contributed by atoms with Crippen LogP contribution in [0.4, 0.5) is 0 Å². The summed E-state index contributed by atoms with van der Waals surface area (Å²) >= 11 is 0. The van der Waals surface area contributed by atoms with Gasteiger partial charge in [-0.05, 0) is 37.5 Å². The number of nitrogens with zero attached hydrogens (tertiary/aromatic N) is 4. The van der Waals surface area contributed by atoms with Gasteiger partial charge >= 0.3 is 5.97 Å². The second kappa shape index (κ2) is 6.10. The predicted octanol–water partition coefficient (Wildman–Crippen LogP) is 0.738. The zero-order valence-electron chi connectivity index (χ0n) is 14.9. The summed E-state index contributed by atoms with van der Waals surface area (Å²) in [5.74, 6) is -0.918. The molecule has 26 heavy (non-hydrogen) atoms. The Kier molecular flexibility index (Phi) is 4.00. The summed E-state index contributed by atoms with van der Waals surface area (Å²) in [4.78, 5) is 40.2. The highest BCUT2D eigenvalue weighted by atomic mass is 16.4. The molecule has 3 fully saturated rings. The van der Waals surface area contributed by atoms with Gasteiger partial charge in [0.15, 0.2) is 0 Å². The Bertz CT molecular complexity index is 746. The van der Waals surface area contributed by atoms with E-state index in [2.05, 4.69) is 5.10 Å². The monoisotopic (exact) mass is 360 g/mol. The van der Waals surface area contributed by atoms with Crippen LogP contribution in [0.1, 0.15) is 42.5 Å². The quantitative estimate of drug-likeness (QED) is 0.858. The molecule has 0 bridgehead atoms. The van der Waals surface area contributed by atoms with Gasteiger partial charge in [-0.1, -0.05) is 0 Å². The van der Waals surface area contributed by atoms with E-state index in [1.54, 1.807) is 29.0 Å². The molecular formula is C18H24N4O4. The molecule has 8 nitrogen and oxygen atoms in total. The van der Waals surface area contributed by atoms with Crippen LogP contribution in [0.25, 0.3) is 0 Å². The molecule has 1 saturated carbocycles. The van der Waals surface area contributed by atoms with Gasteiger partial charge in [-0.3, -0.25) is 14.3 Å². The van der Waals surface area contributed by atoms with E-state index in [1.807, 2.05) is 4.90 Å². The fourth-order valence-corrected chi connectivity index (χ4v) is 4.33. The Hall–Kier alpha value is -2.38. The summed E-state index contributed by atoms with van der Waals surface area (Å²) in [5.41, 5.74) is 0.392. The van der Waals surface area contributed by atoms with Gasteiger partial charge in [0.2, 0.25) is 5.91 Å². The minimum Gasteiger partial charge on any atom is -0.480 e. The standard InChI is InChI=1S/C18H24N4O4/c1-20-10-13(9-19-20)15(23)21-6-4-18(5-7-21)8-14(17(25)26)22(11-18)16(24)12-2-3-12/h9-10,12,14H,2-8,11H2,1H3,(H,25,26). The Morgan fingerprint density at radius 3 is 2.46 bits per heavy atom. The molecular weight excluding hydrogens is 336 g/mol. The summed E-state index contributed by atoms with van der Waals surface area (Å²) in [5, 5.41) is 13.6. The highest BCUT2D eigenvalue weighted by Crippen LogP contribution is 2.45. The Morgan fingerprint density at radius 1 is 1.23 bits per heavy atom. The van der Waals surface area contributed by atoms with Gasteiger partial charge in [0.05, 0.1) is 11.8 Å². The lowest BCUT2D eigenvalue weighted by molar-refractivity contribution is -0.148. The molecule has 1 spiro atoms. The van der Waals surface area contributed by atoms with Crippen LogP contribution in [0.5, 0.6) is 0 Å². The third-order valence-electron chi connectivity index (χ3n) is 6.07. The van der Waals surface area contributed by atoms with Crippen LogP contribution in [-0.2, 0) is 16.6 Å². The molecule has 1 N–H and O–H groups in total. The first-order valence-corrected chi connectivity index (χ1v) is 9.20. The van der Waals surface area contributed by atoms with Crippen LogP contribution in [0.15, 0.2) is 12.4 Å². The number of hydrogen-bond acceptors (Lipinski definition) is 4. The lowest BCUT2D eigenvalue weighted by atomic mass is 9.76. The number of aliphatic carboxylic acids is 1. The third kappa shape index (κ3) is 2.97. The van der Waals surface area contributed by atoms with Gasteiger partial charge in [-0.25, -0.2) is 4.79 Å². The minimum atomic E-state index is -0.912. The average molecular weight is 360 g/mol. The normalized spacial score (nSPS) is 24.9. The number of carboxylic acids is 1. The number of amides is 2. The number of likely N-dealkylation sites (tertiary alicyclic amines) is 2. The van der Waals surface area contributed by atoms with Crippen LogP contribution in [0.3, 0.4) is 0 Å². The molecule has 0 aromatic carbocycles. The van der Waals surface area contributed by atoms with Crippen molar-refractivity contribution in [3.05, 3.63) is 18.0 Å². The number of carbonyl (C=O) groups excluding carboxylic acids is 2. The average Bonchev–Trinajstić information content (AvgIpc) is 3.28. The minimum absolute atomic E-state index is 0.00291. The van der Waals surface area contributed by atoms with Crippen molar-refractivity contribution in [3.8, 4) is 0 Å². The molecule has 3 heterocycles. The Balaban J connectivity index is 1.43. The highest BCUT2D eigenvalue weighted by molar-refractivity contribution is 5.93. The second-order valence-corrected chi connectivity index (χ2v) is 7.99. The second-order valence-electron chi connectivity index (χ2n) is 7.99. The summed E-state index contributed by atoms with van der Waals surface area (Å²) in [6.07, 6.45) is 6.99. The first-order valence-electron chi connectivity index (χ1n) is 9.20. The van der Waals surface area contributed by atoms with E-state index >= 15 is 0 Å². The zero-order chi connectivity index (χ0) is 18.5. The van der Waals surface area contributed by atoms with Crippen LogP contribution < -0.4 is 0 Å². The van der Waals surface area contributed by atoms with Crippen LogP contribution in [0.2, 0.25) is 0 Å². The first-order chi connectivity index (χ1) is 12.4. The highest BCUT2D eigenvalue weighted by Gasteiger charge is 2.52. The predicted molar refractivity (Wildman–Crippen MR) is 91.3 cm³/mol. The summed E-state index contributed by atoms with van der Waals surface area (Å²) < 4.78 is 1.61. The van der Waals surface area contributed by atoms with E-state index in [9.17, 15) is 19.5 Å². The van der Waals surface area contributed by atoms with Gasteiger partial charge in [0, 0.05) is 38.8 Å². The molecule has 2 saturated heterocycles. The number of hydrogen-bond donors (Lipinski definition) is 1. The number of carboxylic acid groups (broad SMARTS) is 1. The van der Waals surface area contributed by atoms with Crippen molar-refractivity contribution in [2.45, 2.75) is 38.1 Å². The number of carbonyl (C=O) groups is 3. The Labute approximate surface area is 151 Å². The van der Waals surface area contributed by atoms with Crippen molar-refractivity contribution in [2.24, 2.45) is 18.4 Å². The molecule has 1 aromatic heterocycles. The van der Waals surface area contributed by atoms with Crippen molar-refractivity contribution >= 4 is 17.8 Å². The lowest BCUT2D eigenvalue weighted by Gasteiger charge is -2.39. The molecule has 1 atom stereocenters. The number of aryl methyl sites for hydroxylation is 1. The largest absolute Gasteiger partial charge is 0.480 e. The SMILES string of the molecule is Cn1cc(C(=O)N2CCC3(CC2)CC(C(=O)O)N(C(=O)C2CC2)C3)cn1. The number of piperidine rings is 1. The van der Waals surface area contributed by atoms with E-state index in [0.29, 0.717) is 31.6 Å². The smallest absolute Gasteiger partial charge is 0.326 e. The van der Waals surface area contributed by atoms with Gasteiger partial charge < -0.3 is 14.9 Å². The molecule has 8 heteroatoms. The molecule has 3 aliphatic rings. The maximum atomic E-state index is 12.6. The summed E-state index contributed by atoms with van der Waals surface area (Å²) in [6.45, 7) is 1.69. The molecule has 140 valence electrons. The molecule has 4 rings (SSSR count). The molecule has 2 amide bonds. The maximum absolute atomic E-state index is 12.6. The fraction of sp³-hybridized carbons (Fsp3) is 0.667. The van der Waals surface area contributed by atoms with E-state index in [0.717, 1.165) is 25.7 Å². The van der Waals surface area contributed by atoms with E-state index in [-0.39, 0.29) is 23.1 Å². The lowest BCUT2D eigenvalue weighted by Crippen LogP contribution is -2.45. The van der Waals surface area contributed by atoms with Gasteiger partial charge in [0.25, 0.3) is 5.91 Å². The van der Waals surface area contributed by atoms with Crippen molar-refractivity contribution in [2.75, 3.05) is 19.6 Å². The molecule has 2 aliphatic heterocycles. The van der Waals surface area contributed by atoms with Crippen LogP contribution in [-0.4, -0.2) is 68.1 Å². The van der Waals surface area contributed by atoms with Crippen LogP contribution >= 0.6 is 0 Å². The van der Waals surface area contributed by atoms with Gasteiger partial charge in [0.1, 0.15) is 6.04 Å². The van der Waals surface area contributed by atoms with Crippen molar-refractivity contribution in [1.29, 1.82) is 0 Å². The van der Waals surface area contributed by atoms with E-state index in [1.165, 1.54) is 0 Å². The zero-order valence-corrected chi connectivity index (χ0v) is 14.9. The van der Waals surface area contributed by atoms with E-state index < -0.39 is 12.0 Å². The number of aromatic nitrogens is 2. The van der Waals surface area contributed by atoms with Crippen molar-refractivity contribution < 1.29 is 19.5 Å². The summed E-state index contributed by atoms with van der Waals surface area (Å²) in [7, 11) is 1.78. The van der Waals surface area contributed by atoms with E-state index in [4.69, 9.17) is 0 Å². The molecule has 0 radical (unpaired) electrons.